The SMILES string of the molecule is COc1cnc2c(c1)n(-c1ccc(-c3ccc(C(=O)O)cc3)cc1)c(=O)n2C1CCNC1. The number of nitrogens with zero attached hydrogens (tertiary/aromatic N) is 3. The molecule has 1 aliphatic heterocycles. The summed E-state index contributed by atoms with van der Waals surface area (Å²) in [6, 6.07) is 16.2. The van der Waals surface area contributed by atoms with E-state index in [1.807, 2.05) is 30.3 Å². The predicted octanol–water partition coefficient (Wildman–Crippen LogP) is 3.10. The zero-order valence-electron chi connectivity index (χ0n) is 17.5. The number of aromatic nitrogens is 3. The summed E-state index contributed by atoms with van der Waals surface area (Å²) < 4.78 is 8.79. The molecule has 1 saturated heterocycles. The van der Waals surface area contributed by atoms with E-state index in [0.717, 1.165) is 36.3 Å². The van der Waals surface area contributed by atoms with Crippen molar-refractivity contribution >= 4 is 17.1 Å². The van der Waals surface area contributed by atoms with Gasteiger partial charge in [0, 0.05) is 12.6 Å². The lowest BCUT2D eigenvalue weighted by Gasteiger charge is -2.09. The summed E-state index contributed by atoms with van der Waals surface area (Å²) in [4.78, 5) is 29.1. The highest BCUT2D eigenvalue weighted by Crippen LogP contribution is 2.27. The van der Waals surface area contributed by atoms with Gasteiger partial charge in [-0.05, 0) is 48.4 Å². The molecule has 32 heavy (non-hydrogen) atoms. The van der Waals surface area contributed by atoms with Crippen LogP contribution in [-0.2, 0) is 0 Å². The van der Waals surface area contributed by atoms with Gasteiger partial charge in [0.05, 0.1) is 36.1 Å². The first-order chi connectivity index (χ1) is 15.6. The monoisotopic (exact) mass is 430 g/mol. The highest BCUT2D eigenvalue weighted by atomic mass is 16.5. The van der Waals surface area contributed by atoms with Crippen LogP contribution in [0.1, 0.15) is 22.8 Å². The van der Waals surface area contributed by atoms with E-state index < -0.39 is 5.97 Å². The normalized spacial score (nSPS) is 15.8. The third kappa shape index (κ3) is 3.34. The molecule has 1 unspecified atom stereocenters. The Morgan fingerprint density at radius 1 is 1.12 bits per heavy atom. The molecule has 8 nitrogen and oxygen atoms in total. The smallest absolute Gasteiger partial charge is 0.335 e. The molecule has 0 radical (unpaired) electrons. The Labute approximate surface area is 183 Å². The third-order valence-electron chi connectivity index (χ3n) is 5.91. The van der Waals surface area contributed by atoms with Gasteiger partial charge in [0.25, 0.3) is 0 Å². The van der Waals surface area contributed by atoms with Gasteiger partial charge < -0.3 is 15.2 Å². The van der Waals surface area contributed by atoms with Crippen LogP contribution >= 0.6 is 0 Å². The van der Waals surface area contributed by atoms with E-state index in [1.165, 1.54) is 0 Å². The Bertz CT molecular complexity index is 1350. The number of carboxylic acids is 1. The van der Waals surface area contributed by atoms with E-state index in [9.17, 15) is 9.59 Å². The first kappa shape index (κ1) is 20.0. The maximum Gasteiger partial charge on any atom is 0.335 e. The van der Waals surface area contributed by atoms with Crippen molar-refractivity contribution in [3.05, 3.63) is 76.8 Å². The molecule has 162 valence electrons. The highest BCUT2D eigenvalue weighted by Gasteiger charge is 2.25. The maximum absolute atomic E-state index is 13.5. The van der Waals surface area contributed by atoms with Crippen molar-refractivity contribution in [2.75, 3.05) is 20.2 Å². The van der Waals surface area contributed by atoms with E-state index in [-0.39, 0.29) is 17.3 Å². The number of pyridine rings is 1. The Kier molecular flexibility index (Phi) is 4.99. The molecule has 0 saturated carbocycles. The quantitative estimate of drug-likeness (QED) is 0.505. The van der Waals surface area contributed by atoms with E-state index in [2.05, 4.69) is 10.3 Å². The van der Waals surface area contributed by atoms with Crippen molar-refractivity contribution in [3.8, 4) is 22.6 Å². The molecule has 1 fully saturated rings. The minimum atomic E-state index is -0.954. The van der Waals surface area contributed by atoms with Gasteiger partial charge in [0.15, 0.2) is 5.65 Å². The fraction of sp³-hybridized carbons (Fsp3) is 0.208. The molecule has 2 aromatic heterocycles. The van der Waals surface area contributed by atoms with Crippen LogP contribution < -0.4 is 15.7 Å². The van der Waals surface area contributed by atoms with Crippen molar-refractivity contribution in [1.82, 2.24) is 19.4 Å². The van der Waals surface area contributed by atoms with Crippen molar-refractivity contribution in [3.63, 3.8) is 0 Å². The van der Waals surface area contributed by atoms with Crippen LogP contribution in [0.25, 0.3) is 28.0 Å². The summed E-state index contributed by atoms with van der Waals surface area (Å²) >= 11 is 0. The van der Waals surface area contributed by atoms with Crippen LogP contribution in [0.4, 0.5) is 0 Å². The van der Waals surface area contributed by atoms with Crippen molar-refractivity contribution in [2.45, 2.75) is 12.5 Å². The summed E-state index contributed by atoms with van der Waals surface area (Å²) in [7, 11) is 1.58. The largest absolute Gasteiger partial charge is 0.495 e. The van der Waals surface area contributed by atoms with Crippen molar-refractivity contribution in [2.24, 2.45) is 0 Å². The van der Waals surface area contributed by atoms with Gasteiger partial charge in [-0.2, -0.15) is 0 Å². The lowest BCUT2D eigenvalue weighted by molar-refractivity contribution is 0.0697. The van der Waals surface area contributed by atoms with Crippen LogP contribution in [0.2, 0.25) is 0 Å². The minimum Gasteiger partial charge on any atom is -0.495 e. The predicted molar refractivity (Wildman–Crippen MR) is 121 cm³/mol. The number of methoxy groups -OCH3 is 1. The fourth-order valence-electron chi connectivity index (χ4n) is 4.24. The lowest BCUT2D eigenvalue weighted by Crippen LogP contribution is -2.28. The number of hydrogen-bond donors (Lipinski definition) is 2. The first-order valence-corrected chi connectivity index (χ1v) is 10.4. The molecule has 8 heteroatoms. The molecular formula is C24H22N4O4. The number of ether oxygens (including phenoxy) is 1. The minimum absolute atomic E-state index is 0.0548. The molecule has 1 aliphatic rings. The molecule has 0 aliphatic carbocycles. The topological polar surface area (TPSA) is 98.4 Å². The summed E-state index contributed by atoms with van der Waals surface area (Å²) in [5, 5.41) is 12.4. The Balaban J connectivity index is 1.60. The zero-order valence-corrected chi connectivity index (χ0v) is 17.5. The summed E-state index contributed by atoms with van der Waals surface area (Å²) in [5.41, 5.74) is 4.00. The molecule has 3 heterocycles. The Hall–Kier alpha value is -3.91. The first-order valence-electron chi connectivity index (χ1n) is 10.4. The molecule has 5 rings (SSSR count). The summed E-state index contributed by atoms with van der Waals surface area (Å²) in [6.45, 7) is 1.60. The average molecular weight is 430 g/mol. The second-order valence-corrected chi connectivity index (χ2v) is 7.78. The number of imidazole rings is 1. The van der Waals surface area contributed by atoms with Gasteiger partial charge in [0.2, 0.25) is 0 Å². The molecular weight excluding hydrogens is 408 g/mol. The Morgan fingerprint density at radius 3 is 2.41 bits per heavy atom. The zero-order chi connectivity index (χ0) is 22.2. The lowest BCUT2D eigenvalue weighted by atomic mass is 10.0. The molecule has 0 bridgehead atoms. The van der Waals surface area contributed by atoms with Crippen molar-refractivity contribution < 1.29 is 14.6 Å². The van der Waals surface area contributed by atoms with Crippen LogP contribution in [0, 0.1) is 0 Å². The van der Waals surface area contributed by atoms with E-state index >= 15 is 0 Å². The highest BCUT2D eigenvalue weighted by molar-refractivity contribution is 5.88. The van der Waals surface area contributed by atoms with E-state index in [1.54, 1.807) is 46.7 Å². The fourth-order valence-corrected chi connectivity index (χ4v) is 4.24. The number of carboxylic acid groups (broad SMARTS) is 1. The van der Waals surface area contributed by atoms with Gasteiger partial charge in [-0.15, -0.1) is 0 Å². The molecule has 2 aromatic carbocycles. The number of rotatable bonds is 5. The van der Waals surface area contributed by atoms with Gasteiger partial charge in [0.1, 0.15) is 5.75 Å². The Morgan fingerprint density at radius 2 is 1.81 bits per heavy atom. The number of hydrogen-bond acceptors (Lipinski definition) is 5. The van der Waals surface area contributed by atoms with Gasteiger partial charge >= 0.3 is 11.7 Å². The van der Waals surface area contributed by atoms with Crippen LogP contribution in [0.15, 0.2) is 65.6 Å². The number of fused-ring (bicyclic) bond motifs is 1. The van der Waals surface area contributed by atoms with E-state index in [0.29, 0.717) is 16.9 Å². The molecule has 1 atom stereocenters. The molecule has 2 N–H and O–H groups in total. The number of nitrogens with one attached hydrogen (secondary N) is 1. The van der Waals surface area contributed by atoms with Crippen LogP contribution in [-0.4, -0.2) is 45.4 Å². The number of carbonyl (C=O) groups is 1. The standard InChI is InChI=1S/C24H22N4O4/c1-32-20-12-21-22(26-14-20)28(19-10-11-25-13-19)24(31)27(21)18-8-6-16(7-9-18)15-2-4-17(5-3-15)23(29)30/h2-9,12,14,19,25H,10-11,13H2,1H3,(H,29,30). The van der Waals surface area contributed by atoms with E-state index in [4.69, 9.17) is 9.84 Å². The van der Waals surface area contributed by atoms with Gasteiger partial charge in [-0.1, -0.05) is 24.3 Å². The summed E-state index contributed by atoms with van der Waals surface area (Å²) in [5.74, 6) is -0.368. The molecule has 0 spiro atoms. The van der Waals surface area contributed by atoms with Crippen LogP contribution in [0.3, 0.4) is 0 Å². The third-order valence-corrected chi connectivity index (χ3v) is 5.91. The number of benzene rings is 2. The van der Waals surface area contributed by atoms with Gasteiger partial charge in [-0.3, -0.25) is 9.13 Å². The summed E-state index contributed by atoms with van der Waals surface area (Å²) in [6.07, 6.45) is 2.51. The molecule has 4 aromatic rings. The number of aromatic carboxylic acids is 1. The van der Waals surface area contributed by atoms with Crippen molar-refractivity contribution in [1.29, 1.82) is 0 Å². The second-order valence-electron chi connectivity index (χ2n) is 7.78. The average Bonchev–Trinajstić information content (AvgIpc) is 3.44. The second kappa shape index (κ2) is 7.97. The molecule has 0 amide bonds. The van der Waals surface area contributed by atoms with Crippen LogP contribution in [0.5, 0.6) is 5.75 Å². The van der Waals surface area contributed by atoms with Gasteiger partial charge in [-0.25, -0.2) is 14.6 Å². The maximum atomic E-state index is 13.5.